The summed E-state index contributed by atoms with van der Waals surface area (Å²) in [6, 6.07) is 0. The summed E-state index contributed by atoms with van der Waals surface area (Å²) in [6.45, 7) is 18.3. The van der Waals surface area contributed by atoms with E-state index in [0.29, 0.717) is 11.3 Å². The van der Waals surface area contributed by atoms with Gasteiger partial charge in [-0.2, -0.15) is 0 Å². The molecule has 0 fully saturated rings. The lowest BCUT2D eigenvalue weighted by atomic mass is 9.83. The summed E-state index contributed by atoms with van der Waals surface area (Å²) in [4.78, 5) is 0. The maximum absolute atomic E-state index is 5.94. The van der Waals surface area contributed by atoms with E-state index in [4.69, 9.17) is 4.74 Å². The molecular weight excluding hydrogens is 219 g/mol. The topological polar surface area (TPSA) is 9.23 Å². The van der Waals surface area contributed by atoms with Crippen molar-refractivity contribution in [2.24, 2.45) is 11.3 Å². The lowest BCUT2D eigenvalue weighted by molar-refractivity contribution is -0.0183. The Labute approximate surface area is 116 Å². The highest BCUT2D eigenvalue weighted by Gasteiger charge is 2.18. The molecule has 18 heavy (non-hydrogen) atoms. The van der Waals surface area contributed by atoms with Gasteiger partial charge in [0.05, 0.1) is 12.2 Å². The van der Waals surface area contributed by atoms with Crippen LogP contribution in [0, 0.1) is 11.3 Å². The van der Waals surface area contributed by atoms with Gasteiger partial charge >= 0.3 is 0 Å². The fraction of sp³-hybridized carbons (Fsp3) is 0.875. The summed E-state index contributed by atoms with van der Waals surface area (Å²) in [7, 11) is 2.19. The molecule has 0 amide bonds. The van der Waals surface area contributed by atoms with E-state index in [1.807, 2.05) is 0 Å². The molecule has 106 valence electrons. The molecule has 0 aromatic carbocycles. The van der Waals surface area contributed by atoms with Crippen molar-refractivity contribution in [1.82, 2.24) is 0 Å². The van der Waals surface area contributed by atoms with Crippen molar-refractivity contribution >= 4 is 7.85 Å². The van der Waals surface area contributed by atoms with Crippen LogP contribution in [0.3, 0.4) is 0 Å². The summed E-state index contributed by atoms with van der Waals surface area (Å²) in [5.74, 6) is 0.525. The largest absolute Gasteiger partial charge is 0.375 e. The molecule has 0 spiro atoms. The maximum atomic E-state index is 5.94. The minimum atomic E-state index is -0.0453. The Bertz CT molecular complexity index is 245. The fourth-order valence-electron chi connectivity index (χ4n) is 1.92. The Morgan fingerprint density at radius 2 is 1.72 bits per heavy atom. The molecule has 0 N–H and O–H groups in total. The molecule has 0 bridgehead atoms. The Morgan fingerprint density at radius 3 is 2.11 bits per heavy atom. The van der Waals surface area contributed by atoms with Crippen LogP contribution in [0.25, 0.3) is 0 Å². The van der Waals surface area contributed by atoms with Gasteiger partial charge < -0.3 is 4.74 Å². The molecule has 0 aliphatic carbocycles. The predicted octanol–water partition coefficient (Wildman–Crippen LogP) is 4.24. The number of ether oxygens (including phenoxy) is 1. The van der Waals surface area contributed by atoms with Gasteiger partial charge in [0, 0.05) is 5.92 Å². The molecule has 0 aliphatic rings. The van der Waals surface area contributed by atoms with Crippen LogP contribution in [0.5, 0.6) is 0 Å². The van der Waals surface area contributed by atoms with Crippen molar-refractivity contribution in [2.45, 2.75) is 72.7 Å². The van der Waals surface area contributed by atoms with Gasteiger partial charge in [0.15, 0.2) is 0 Å². The highest BCUT2D eigenvalue weighted by Crippen LogP contribution is 2.27. The zero-order valence-corrected chi connectivity index (χ0v) is 13.7. The van der Waals surface area contributed by atoms with Gasteiger partial charge in [0.2, 0.25) is 0 Å². The minimum Gasteiger partial charge on any atom is -0.375 e. The highest BCUT2D eigenvalue weighted by molar-refractivity contribution is 6.10. The second-order valence-electron chi connectivity index (χ2n) is 7.58. The Kier molecular flexibility index (Phi) is 7.28. The quantitative estimate of drug-likeness (QED) is 0.486. The van der Waals surface area contributed by atoms with Crippen LogP contribution >= 0.6 is 0 Å². The molecule has 1 unspecified atom stereocenters. The average molecular weight is 252 g/mol. The zero-order chi connectivity index (χ0) is 14.4. The van der Waals surface area contributed by atoms with E-state index in [1.165, 1.54) is 24.8 Å². The maximum Gasteiger partial charge on any atom is 0.106 e. The van der Waals surface area contributed by atoms with E-state index in [2.05, 4.69) is 56.0 Å². The van der Waals surface area contributed by atoms with E-state index in [0.717, 1.165) is 12.9 Å². The molecule has 0 radical (unpaired) electrons. The fourth-order valence-corrected chi connectivity index (χ4v) is 1.92. The van der Waals surface area contributed by atoms with Gasteiger partial charge in [-0.1, -0.05) is 39.1 Å². The first-order chi connectivity index (χ1) is 8.05. The standard InChI is InChI=1S/C16H33BO/c1-13(11-17)14(12-18-16(5,6)7)9-8-10-15(2,3)4/h14H,1,8-12,17H2,2-7H3. The smallest absolute Gasteiger partial charge is 0.106 e. The third kappa shape index (κ3) is 9.76. The molecule has 0 saturated heterocycles. The first kappa shape index (κ1) is 17.8. The van der Waals surface area contributed by atoms with Crippen molar-refractivity contribution < 1.29 is 4.74 Å². The molecule has 0 aromatic heterocycles. The average Bonchev–Trinajstić information content (AvgIpc) is 2.19. The Balaban J connectivity index is 4.21. The molecule has 1 atom stereocenters. The Morgan fingerprint density at radius 1 is 1.17 bits per heavy atom. The molecule has 0 aromatic rings. The van der Waals surface area contributed by atoms with Gasteiger partial charge in [0.1, 0.15) is 7.85 Å². The molecule has 1 nitrogen and oxygen atoms in total. The summed E-state index contributed by atoms with van der Waals surface area (Å²) in [5, 5.41) is 0. The third-order valence-corrected chi connectivity index (χ3v) is 3.23. The van der Waals surface area contributed by atoms with Gasteiger partial charge in [0.25, 0.3) is 0 Å². The van der Waals surface area contributed by atoms with Crippen LogP contribution < -0.4 is 0 Å². The van der Waals surface area contributed by atoms with Crippen LogP contribution in [0.1, 0.15) is 60.8 Å². The summed E-state index contributed by atoms with van der Waals surface area (Å²) >= 11 is 0. The van der Waals surface area contributed by atoms with Gasteiger partial charge in [-0.25, -0.2) is 0 Å². The zero-order valence-electron chi connectivity index (χ0n) is 13.7. The number of hydrogen-bond acceptors (Lipinski definition) is 1. The van der Waals surface area contributed by atoms with Crippen molar-refractivity contribution in [2.75, 3.05) is 6.61 Å². The molecule has 0 aliphatic heterocycles. The highest BCUT2D eigenvalue weighted by atomic mass is 16.5. The Hall–Kier alpha value is -0.235. The van der Waals surface area contributed by atoms with Crippen LogP contribution in [-0.4, -0.2) is 20.1 Å². The summed E-state index contributed by atoms with van der Waals surface area (Å²) in [6.07, 6.45) is 4.81. The number of hydrogen-bond donors (Lipinski definition) is 0. The normalized spacial score (nSPS) is 14.6. The second-order valence-corrected chi connectivity index (χ2v) is 7.58. The minimum absolute atomic E-state index is 0.0453. The van der Waals surface area contributed by atoms with Crippen molar-refractivity contribution in [3.05, 3.63) is 12.2 Å². The lowest BCUT2D eigenvalue weighted by Gasteiger charge is -2.26. The van der Waals surface area contributed by atoms with Crippen LogP contribution in [0.15, 0.2) is 12.2 Å². The SMILES string of the molecule is BCC(=C)C(CCCC(C)(C)C)COC(C)(C)C. The number of rotatable bonds is 7. The molecular formula is C16H33BO. The van der Waals surface area contributed by atoms with Crippen molar-refractivity contribution in [3.63, 3.8) is 0 Å². The van der Waals surface area contributed by atoms with Gasteiger partial charge in [-0.05, 0) is 39.0 Å². The third-order valence-electron chi connectivity index (χ3n) is 3.23. The van der Waals surface area contributed by atoms with Crippen LogP contribution in [0.4, 0.5) is 0 Å². The van der Waals surface area contributed by atoms with Gasteiger partial charge in [-0.15, -0.1) is 6.58 Å². The van der Waals surface area contributed by atoms with E-state index in [-0.39, 0.29) is 5.60 Å². The van der Waals surface area contributed by atoms with E-state index in [9.17, 15) is 0 Å². The van der Waals surface area contributed by atoms with Crippen molar-refractivity contribution in [1.29, 1.82) is 0 Å². The van der Waals surface area contributed by atoms with Crippen LogP contribution in [0.2, 0.25) is 6.32 Å². The molecule has 0 heterocycles. The monoisotopic (exact) mass is 252 g/mol. The first-order valence-electron chi connectivity index (χ1n) is 7.37. The van der Waals surface area contributed by atoms with E-state index < -0.39 is 0 Å². The predicted molar refractivity (Wildman–Crippen MR) is 85.0 cm³/mol. The lowest BCUT2D eigenvalue weighted by Crippen LogP contribution is -2.24. The molecule has 0 rings (SSSR count). The van der Waals surface area contributed by atoms with Crippen LogP contribution in [-0.2, 0) is 4.74 Å². The van der Waals surface area contributed by atoms with E-state index in [1.54, 1.807) is 0 Å². The van der Waals surface area contributed by atoms with E-state index >= 15 is 0 Å². The molecule has 2 heteroatoms. The van der Waals surface area contributed by atoms with Gasteiger partial charge in [-0.3, -0.25) is 0 Å². The molecule has 0 saturated carbocycles. The summed E-state index contributed by atoms with van der Waals surface area (Å²) < 4.78 is 5.94. The summed E-state index contributed by atoms with van der Waals surface area (Å²) in [5.41, 5.74) is 1.73. The first-order valence-corrected chi connectivity index (χ1v) is 7.37. The second kappa shape index (κ2) is 7.38. The van der Waals surface area contributed by atoms with Crippen molar-refractivity contribution in [3.8, 4) is 0 Å².